The highest BCUT2D eigenvalue weighted by Crippen LogP contribution is 2.35. The average Bonchev–Trinajstić information content (AvgIpc) is 2.48. The van der Waals surface area contributed by atoms with Gasteiger partial charge in [-0.05, 0) is 18.6 Å². The molecule has 1 N–H and O–H groups in total. The zero-order chi connectivity index (χ0) is 13.1. The molecular weight excluding hydrogens is 246 g/mol. The molecule has 2 aliphatic heterocycles. The van der Waals surface area contributed by atoms with Crippen LogP contribution in [-0.4, -0.2) is 50.7 Å². The molecule has 2 heterocycles. The van der Waals surface area contributed by atoms with Crippen molar-refractivity contribution in [3.05, 3.63) is 18.2 Å². The van der Waals surface area contributed by atoms with E-state index in [1.165, 1.54) is 0 Å². The maximum Gasteiger partial charge on any atom is 0.163 e. The van der Waals surface area contributed by atoms with Crippen LogP contribution >= 0.6 is 0 Å². The fourth-order valence-electron chi connectivity index (χ4n) is 2.59. The standard InChI is InChI=1S/C14H19NO4/c16-5-3-12-10-17-6-4-15(12)11-1-2-13-14(9-11)19-8-7-18-13/h1-2,9,12,16H,3-8,10H2. The van der Waals surface area contributed by atoms with Crippen molar-refractivity contribution in [1.82, 2.24) is 0 Å². The molecule has 1 unspecified atom stereocenters. The summed E-state index contributed by atoms with van der Waals surface area (Å²) in [4.78, 5) is 2.28. The number of anilines is 1. The summed E-state index contributed by atoms with van der Waals surface area (Å²) in [5.41, 5.74) is 1.10. The number of hydrogen-bond donors (Lipinski definition) is 1. The zero-order valence-corrected chi connectivity index (χ0v) is 10.9. The lowest BCUT2D eigenvalue weighted by molar-refractivity contribution is 0.0849. The number of hydrogen-bond acceptors (Lipinski definition) is 5. The smallest absolute Gasteiger partial charge is 0.163 e. The molecule has 0 spiro atoms. The number of rotatable bonds is 3. The first-order valence-electron chi connectivity index (χ1n) is 6.73. The highest BCUT2D eigenvalue weighted by atomic mass is 16.6. The number of morpholine rings is 1. The van der Waals surface area contributed by atoms with Gasteiger partial charge in [-0.3, -0.25) is 0 Å². The Morgan fingerprint density at radius 1 is 1.16 bits per heavy atom. The van der Waals surface area contributed by atoms with Crippen LogP contribution in [0.25, 0.3) is 0 Å². The highest BCUT2D eigenvalue weighted by Gasteiger charge is 2.24. The second kappa shape index (κ2) is 5.67. The molecule has 104 valence electrons. The molecule has 1 aromatic carbocycles. The van der Waals surface area contributed by atoms with E-state index in [4.69, 9.17) is 19.3 Å². The number of nitrogens with zero attached hydrogens (tertiary/aromatic N) is 1. The van der Waals surface area contributed by atoms with E-state index in [0.29, 0.717) is 26.2 Å². The predicted octanol–water partition coefficient (Wildman–Crippen LogP) is 1.05. The molecule has 2 aliphatic rings. The normalized spacial score (nSPS) is 22.4. The third-order valence-corrected chi connectivity index (χ3v) is 3.55. The summed E-state index contributed by atoms with van der Waals surface area (Å²) in [6.07, 6.45) is 0.717. The number of benzene rings is 1. The summed E-state index contributed by atoms with van der Waals surface area (Å²) in [6.45, 7) is 3.60. The van der Waals surface area contributed by atoms with Gasteiger partial charge in [-0.15, -0.1) is 0 Å². The fourth-order valence-corrected chi connectivity index (χ4v) is 2.59. The van der Waals surface area contributed by atoms with Crippen molar-refractivity contribution in [3.8, 4) is 11.5 Å². The number of aliphatic hydroxyl groups excluding tert-OH is 1. The number of aliphatic hydroxyl groups is 1. The van der Waals surface area contributed by atoms with Crippen LogP contribution in [0, 0.1) is 0 Å². The lowest BCUT2D eigenvalue weighted by atomic mass is 10.1. The van der Waals surface area contributed by atoms with Gasteiger partial charge in [0, 0.05) is 24.9 Å². The Kier molecular flexibility index (Phi) is 3.75. The van der Waals surface area contributed by atoms with E-state index in [1.807, 2.05) is 18.2 Å². The third-order valence-electron chi connectivity index (χ3n) is 3.55. The SMILES string of the molecule is OCCC1COCCN1c1ccc2c(c1)OCCO2. The van der Waals surface area contributed by atoms with E-state index in [0.717, 1.165) is 30.3 Å². The van der Waals surface area contributed by atoms with Crippen LogP contribution in [0.3, 0.4) is 0 Å². The van der Waals surface area contributed by atoms with Crippen molar-refractivity contribution in [1.29, 1.82) is 0 Å². The van der Waals surface area contributed by atoms with Gasteiger partial charge in [-0.25, -0.2) is 0 Å². The summed E-state index contributed by atoms with van der Waals surface area (Å²) in [5, 5.41) is 9.15. The van der Waals surface area contributed by atoms with Crippen LogP contribution in [0.1, 0.15) is 6.42 Å². The summed E-state index contributed by atoms with van der Waals surface area (Å²) in [7, 11) is 0. The highest BCUT2D eigenvalue weighted by molar-refractivity contribution is 5.57. The van der Waals surface area contributed by atoms with Crippen molar-refractivity contribution in [2.24, 2.45) is 0 Å². The predicted molar refractivity (Wildman–Crippen MR) is 71.1 cm³/mol. The zero-order valence-electron chi connectivity index (χ0n) is 10.9. The van der Waals surface area contributed by atoms with Crippen LogP contribution in [0.5, 0.6) is 11.5 Å². The monoisotopic (exact) mass is 265 g/mol. The van der Waals surface area contributed by atoms with Gasteiger partial charge in [0.1, 0.15) is 13.2 Å². The van der Waals surface area contributed by atoms with Gasteiger partial charge in [0.2, 0.25) is 0 Å². The fraction of sp³-hybridized carbons (Fsp3) is 0.571. The molecule has 0 aromatic heterocycles. The summed E-state index contributed by atoms with van der Waals surface area (Å²) in [5.74, 6) is 1.61. The average molecular weight is 265 g/mol. The van der Waals surface area contributed by atoms with Crippen LogP contribution in [-0.2, 0) is 4.74 Å². The Balaban J connectivity index is 1.83. The second-order valence-corrected chi connectivity index (χ2v) is 4.76. The molecule has 5 nitrogen and oxygen atoms in total. The Morgan fingerprint density at radius 3 is 2.84 bits per heavy atom. The molecule has 5 heteroatoms. The molecule has 1 atom stereocenters. The topological polar surface area (TPSA) is 51.2 Å². The van der Waals surface area contributed by atoms with Crippen LogP contribution in [0.15, 0.2) is 18.2 Å². The Hall–Kier alpha value is -1.46. The van der Waals surface area contributed by atoms with Gasteiger partial charge in [-0.2, -0.15) is 0 Å². The number of fused-ring (bicyclic) bond motifs is 1. The molecule has 0 aliphatic carbocycles. The van der Waals surface area contributed by atoms with Crippen LogP contribution < -0.4 is 14.4 Å². The van der Waals surface area contributed by atoms with Gasteiger partial charge in [0.05, 0.1) is 19.3 Å². The molecule has 19 heavy (non-hydrogen) atoms. The quantitative estimate of drug-likeness (QED) is 0.885. The molecule has 1 fully saturated rings. The van der Waals surface area contributed by atoms with Crippen molar-refractivity contribution < 1.29 is 19.3 Å². The molecule has 1 saturated heterocycles. The lowest BCUT2D eigenvalue weighted by Gasteiger charge is -2.37. The minimum absolute atomic E-state index is 0.176. The largest absolute Gasteiger partial charge is 0.486 e. The van der Waals surface area contributed by atoms with E-state index < -0.39 is 0 Å². The van der Waals surface area contributed by atoms with Gasteiger partial charge >= 0.3 is 0 Å². The van der Waals surface area contributed by atoms with Gasteiger partial charge < -0.3 is 24.2 Å². The van der Waals surface area contributed by atoms with Crippen molar-refractivity contribution in [2.45, 2.75) is 12.5 Å². The van der Waals surface area contributed by atoms with Gasteiger partial charge in [0.25, 0.3) is 0 Å². The van der Waals surface area contributed by atoms with Crippen LogP contribution in [0.2, 0.25) is 0 Å². The summed E-state index contributed by atoms with van der Waals surface area (Å²) < 4.78 is 16.6. The molecule has 1 aromatic rings. The molecular formula is C14H19NO4. The van der Waals surface area contributed by atoms with E-state index in [2.05, 4.69) is 4.90 Å². The number of ether oxygens (including phenoxy) is 3. The van der Waals surface area contributed by atoms with Crippen molar-refractivity contribution >= 4 is 5.69 Å². The maximum absolute atomic E-state index is 9.15. The maximum atomic E-state index is 9.15. The second-order valence-electron chi connectivity index (χ2n) is 4.76. The summed E-state index contributed by atoms with van der Waals surface area (Å²) in [6, 6.07) is 6.24. The van der Waals surface area contributed by atoms with E-state index >= 15 is 0 Å². The molecule has 0 radical (unpaired) electrons. The molecule has 3 rings (SSSR count). The first-order valence-corrected chi connectivity index (χ1v) is 6.73. The van der Waals surface area contributed by atoms with Gasteiger partial charge in [-0.1, -0.05) is 0 Å². The minimum Gasteiger partial charge on any atom is -0.486 e. The molecule has 0 amide bonds. The molecule has 0 saturated carbocycles. The van der Waals surface area contributed by atoms with Crippen molar-refractivity contribution in [3.63, 3.8) is 0 Å². The molecule has 0 bridgehead atoms. The third kappa shape index (κ3) is 2.62. The lowest BCUT2D eigenvalue weighted by Crippen LogP contribution is -2.46. The Bertz CT molecular complexity index is 435. The van der Waals surface area contributed by atoms with E-state index in [9.17, 15) is 0 Å². The van der Waals surface area contributed by atoms with Crippen molar-refractivity contribution in [2.75, 3.05) is 44.5 Å². The van der Waals surface area contributed by atoms with E-state index in [1.54, 1.807) is 0 Å². The van der Waals surface area contributed by atoms with E-state index in [-0.39, 0.29) is 12.6 Å². The summed E-state index contributed by atoms with van der Waals surface area (Å²) >= 11 is 0. The van der Waals surface area contributed by atoms with Gasteiger partial charge in [0.15, 0.2) is 11.5 Å². The van der Waals surface area contributed by atoms with Crippen LogP contribution in [0.4, 0.5) is 5.69 Å². The Morgan fingerprint density at radius 2 is 2.00 bits per heavy atom. The first-order chi connectivity index (χ1) is 9.38. The Labute approximate surface area is 112 Å². The minimum atomic E-state index is 0.176. The first kappa shape index (κ1) is 12.6.